The molecule has 2 atom stereocenters. The molecule has 0 saturated carbocycles. The molecule has 3 heteroatoms. The molecule has 3 nitrogen and oxygen atoms in total. The maximum absolute atomic E-state index is 9.43. The molecule has 86 valence electrons. The Hall–Kier alpha value is -0.120. The van der Waals surface area contributed by atoms with Gasteiger partial charge in [-0.05, 0) is 13.3 Å². The van der Waals surface area contributed by atoms with Gasteiger partial charge in [-0.25, -0.2) is 0 Å². The van der Waals surface area contributed by atoms with Gasteiger partial charge in [-0.3, -0.25) is 0 Å². The van der Waals surface area contributed by atoms with Gasteiger partial charge in [0, 0.05) is 6.61 Å². The van der Waals surface area contributed by atoms with Crippen molar-refractivity contribution in [3.8, 4) is 0 Å². The quantitative estimate of drug-likeness (QED) is 0.562. The smallest absolute Gasteiger partial charge is 0.103 e. The zero-order valence-electron chi connectivity index (χ0n) is 9.41. The molecule has 0 radical (unpaired) electrons. The molecule has 2 unspecified atom stereocenters. The third-order valence-corrected chi connectivity index (χ3v) is 2.34. The van der Waals surface area contributed by atoms with E-state index in [0.717, 1.165) is 12.8 Å². The van der Waals surface area contributed by atoms with Crippen LogP contribution in [0.25, 0.3) is 0 Å². The minimum absolute atomic E-state index is 0.193. The molecule has 0 aliphatic carbocycles. The van der Waals surface area contributed by atoms with E-state index in [0.29, 0.717) is 6.61 Å². The fourth-order valence-electron chi connectivity index (χ4n) is 1.49. The summed E-state index contributed by atoms with van der Waals surface area (Å²) in [6.45, 7) is 4.46. The Labute approximate surface area is 87.1 Å². The summed E-state index contributed by atoms with van der Waals surface area (Å²) in [4.78, 5) is 0. The van der Waals surface area contributed by atoms with Gasteiger partial charge in [-0.1, -0.05) is 32.6 Å². The number of hydrogen-bond donors (Lipinski definition) is 2. The van der Waals surface area contributed by atoms with Gasteiger partial charge in [0.05, 0.1) is 12.7 Å². The lowest BCUT2D eigenvalue weighted by atomic mass is 10.1. The van der Waals surface area contributed by atoms with E-state index in [9.17, 15) is 5.11 Å². The number of aliphatic hydroxyl groups excluding tert-OH is 2. The highest BCUT2D eigenvalue weighted by Crippen LogP contribution is 2.11. The fourth-order valence-corrected chi connectivity index (χ4v) is 1.49. The zero-order valence-corrected chi connectivity index (χ0v) is 9.41. The minimum atomic E-state index is -0.725. The van der Waals surface area contributed by atoms with E-state index < -0.39 is 6.10 Å². The summed E-state index contributed by atoms with van der Waals surface area (Å²) in [5.41, 5.74) is 0. The first-order valence-electron chi connectivity index (χ1n) is 5.66. The van der Waals surface area contributed by atoms with Crippen LogP contribution >= 0.6 is 0 Å². The Morgan fingerprint density at radius 1 is 1.14 bits per heavy atom. The van der Waals surface area contributed by atoms with Crippen molar-refractivity contribution in [1.29, 1.82) is 0 Å². The SMILES string of the molecule is CCCCCCC(OCC)C(O)CO. The predicted molar refractivity (Wildman–Crippen MR) is 57.3 cm³/mol. The van der Waals surface area contributed by atoms with E-state index >= 15 is 0 Å². The molecule has 0 aromatic heterocycles. The van der Waals surface area contributed by atoms with Gasteiger partial charge in [-0.15, -0.1) is 0 Å². The highest BCUT2D eigenvalue weighted by molar-refractivity contribution is 4.68. The predicted octanol–water partition coefficient (Wildman–Crippen LogP) is 1.72. The number of hydrogen-bond acceptors (Lipinski definition) is 3. The van der Waals surface area contributed by atoms with Gasteiger partial charge in [-0.2, -0.15) is 0 Å². The molecule has 0 aromatic carbocycles. The summed E-state index contributed by atoms with van der Waals surface area (Å²) in [6.07, 6.45) is 4.61. The van der Waals surface area contributed by atoms with E-state index in [4.69, 9.17) is 9.84 Å². The van der Waals surface area contributed by atoms with Crippen molar-refractivity contribution in [3.63, 3.8) is 0 Å². The lowest BCUT2D eigenvalue weighted by Crippen LogP contribution is -2.32. The molecule has 0 rings (SSSR count). The molecule has 2 N–H and O–H groups in total. The van der Waals surface area contributed by atoms with Gasteiger partial charge in [0.25, 0.3) is 0 Å². The second-order valence-electron chi connectivity index (χ2n) is 3.59. The van der Waals surface area contributed by atoms with Gasteiger partial charge >= 0.3 is 0 Å². The molecule has 0 aliphatic rings. The molecule has 14 heavy (non-hydrogen) atoms. The van der Waals surface area contributed by atoms with E-state index in [2.05, 4.69) is 6.92 Å². The van der Waals surface area contributed by atoms with Crippen molar-refractivity contribution in [1.82, 2.24) is 0 Å². The maximum atomic E-state index is 9.43. The highest BCUT2D eigenvalue weighted by atomic mass is 16.5. The summed E-state index contributed by atoms with van der Waals surface area (Å²) in [5.74, 6) is 0. The molecular formula is C11H24O3. The first-order valence-corrected chi connectivity index (χ1v) is 5.66. The van der Waals surface area contributed by atoms with Crippen molar-refractivity contribution in [2.75, 3.05) is 13.2 Å². The molecule has 0 saturated heterocycles. The summed E-state index contributed by atoms with van der Waals surface area (Å²) in [6, 6.07) is 0. The summed E-state index contributed by atoms with van der Waals surface area (Å²) >= 11 is 0. The standard InChI is InChI=1S/C11H24O3/c1-3-5-6-7-8-11(14-4-2)10(13)9-12/h10-13H,3-9H2,1-2H3. The monoisotopic (exact) mass is 204 g/mol. The average molecular weight is 204 g/mol. The molecule has 0 amide bonds. The van der Waals surface area contributed by atoms with Gasteiger partial charge in [0.2, 0.25) is 0 Å². The molecule has 0 aliphatic heterocycles. The van der Waals surface area contributed by atoms with Crippen LogP contribution in [0.4, 0.5) is 0 Å². The molecule has 0 heterocycles. The van der Waals surface area contributed by atoms with Gasteiger partial charge < -0.3 is 14.9 Å². The van der Waals surface area contributed by atoms with Crippen LogP contribution in [0.5, 0.6) is 0 Å². The van der Waals surface area contributed by atoms with Crippen LogP contribution in [-0.4, -0.2) is 35.6 Å². The largest absolute Gasteiger partial charge is 0.394 e. The van der Waals surface area contributed by atoms with E-state index in [1.807, 2.05) is 6.92 Å². The first-order chi connectivity index (χ1) is 6.76. The minimum Gasteiger partial charge on any atom is -0.394 e. The van der Waals surface area contributed by atoms with Crippen molar-refractivity contribution >= 4 is 0 Å². The fraction of sp³-hybridized carbons (Fsp3) is 1.00. The lowest BCUT2D eigenvalue weighted by molar-refractivity contribution is -0.0582. The van der Waals surface area contributed by atoms with Crippen LogP contribution in [0.1, 0.15) is 46.0 Å². The van der Waals surface area contributed by atoms with Crippen molar-refractivity contribution in [3.05, 3.63) is 0 Å². The molecule has 0 spiro atoms. The Bertz CT molecular complexity index is 117. The van der Waals surface area contributed by atoms with Crippen molar-refractivity contribution in [2.45, 2.75) is 58.2 Å². The summed E-state index contributed by atoms with van der Waals surface area (Å²) < 4.78 is 5.36. The maximum Gasteiger partial charge on any atom is 0.103 e. The molecule has 0 bridgehead atoms. The summed E-state index contributed by atoms with van der Waals surface area (Å²) in [5, 5.41) is 18.2. The molecular weight excluding hydrogens is 180 g/mol. The normalized spacial score (nSPS) is 15.4. The van der Waals surface area contributed by atoms with Crippen LogP contribution in [0.3, 0.4) is 0 Å². The Morgan fingerprint density at radius 3 is 2.36 bits per heavy atom. The van der Waals surface area contributed by atoms with Gasteiger partial charge in [0.15, 0.2) is 0 Å². The van der Waals surface area contributed by atoms with Gasteiger partial charge in [0.1, 0.15) is 6.10 Å². The van der Waals surface area contributed by atoms with E-state index in [1.54, 1.807) is 0 Å². The average Bonchev–Trinajstić information content (AvgIpc) is 2.21. The number of unbranched alkanes of at least 4 members (excludes halogenated alkanes) is 3. The number of rotatable bonds is 9. The Morgan fingerprint density at radius 2 is 1.86 bits per heavy atom. The molecule has 0 fully saturated rings. The Balaban J connectivity index is 3.61. The highest BCUT2D eigenvalue weighted by Gasteiger charge is 2.17. The van der Waals surface area contributed by atoms with Crippen LogP contribution in [-0.2, 0) is 4.74 Å². The second kappa shape index (κ2) is 9.44. The van der Waals surface area contributed by atoms with Crippen molar-refractivity contribution < 1.29 is 14.9 Å². The Kier molecular flexibility index (Phi) is 9.35. The lowest BCUT2D eigenvalue weighted by Gasteiger charge is -2.21. The van der Waals surface area contributed by atoms with Crippen molar-refractivity contribution in [2.24, 2.45) is 0 Å². The second-order valence-corrected chi connectivity index (χ2v) is 3.59. The third kappa shape index (κ3) is 6.35. The number of aliphatic hydroxyl groups is 2. The van der Waals surface area contributed by atoms with Crippen LogP contribution in [0, 0.1) is 0 Å². The molecule has 0 aromatic rings. The topological polar surface area (TPSA) is 49.7 Å². The number of ether oxygens (including phenoxy) is 1. The zero-order chi connectivity index (χ0) is 10.8. The first kappa shape index (κ1) is 13.9. The third-order valence-electron chi connectivity index (χ3n) is 2.34. The van der Waals surface area contributed by atoms with Crippen LogP contribution in [0.15, 0.2) is 0 Å². The summed E-state index contributed by atoms with van der Waals surface area (Å²) in [7, 11) is 0. The van der Waals surface area contributed by atoms with E-state index in [-0.39, 0.29) is 12.7 Å². The van der Waals surface area contributed by atoms with Crippen LogP contribution < -0.4 is 0 Å². The van der Waals surface area contributed by atoms with E-state index in [1.165, 1.54) is 19.3 Å². The van der Waals surface area contributed by atoms with Crippen LogP contribution in [0.2, 0.25) is 0 Å².